The second-order valence-electron chi connectivity index (χ2n) is 6.11. The topological polar surface area (TPSA) is 71.3 Å². The number of hydrogen-bond acceptors (Lipinski definition) is 5. The Labute approximate surface area is 157 Å². The molecule has 4 rings (SSSR count). The number of amides is 1. The van der Waals surface area contributed by atoms with Gasteiger partial charge in [0.15, 0.2) is 11.6 Å². The molecule has 0 bridgehead atoms. The summed E-state index contributed by atoms with van der Waals surface area (Å²) < 4.78 is 30.2. The molecule has 138 valence electrons. The van der Waals surface area contributed by atoms with Gasteiger partial charge < -0.3 is 9.88 Å². The number of benzene rings is 1. The van der Waals surface area contributed by atoms with Crippen molar-refractivity contribution < 1.29 is 13.6 Å². The Hall–Kier alpha value is -3.07. The van der Waals surface area contributed by atoms with E-state index in [9.17, 15) is 13.6 Å². The van der Waals surface area contributed by atoms with E-state index in [0.717, 1.165) is 35.5 Å². The fraction of sp³-hybridized carbons (Fsp3) is 0.167. The minimum atomic E-state index is -0.876. The Bertz CT molecular complexity index is 972. The van der Waals surface area contributed by atoms with Gasteiger partial charge in [-0.25, -0.2) is 13.8 Å². The van der Waals surface area contributed by atoms with E-state index in [1.165, 1.54) is 17.6 Å². The van der Waals surface area contributed by atoms with Gasteiger partial charge in [-0.15, -0.1) is 11.3 Å². The molecule has 9 heteroatoms. The van der Waals surface area contributed by atoms with Crippen LogP contribution in [0.1, 0.15) is 28.1 Å². The maximum Gasteiger partial charge on any atom is 0.251 e. The second-order valence-corrected chi connectivity index (χ2v) is 7.05. The van der Waals surface area contributed by atoms with E-state index in [1.807, 2.05) is 22.2 Å². The summed E-state index contributed by atoms with van der Waals surface area (Å²) >= 11 is 1.43. The smallest absolute Gasteiger partial charge is 0.251 e. The number of halogens is 2. The highest BCUT2D eigenvalue weighted by Crippen LogP contribution is 2.23. The van der Waals surface area contributed by atoms with Gasteiger partial charge in [-0.05, 0) is 31.0 Å². The lowest BCUT2D eigenvalue weighted by Gasteiger charge is -2.08. The first-order valence-electron chi connectivity index (χ1n) is 8.26. The Morgan fingerprint density at radius 2 is 2.07 bits per heavy atom. The fourth-order valence-corrected chi connectivity index (χ4v) is 3.17. The Balaban J connectivity index is 1.44. The monoisotopic (exact) mass is 387 g/mol. The van der Waals surface area contributed by atoms with Crippen molar-refractivity contribution in [2.45, 2.75) is 18.9 Å². The van der Waals surface area contributed by atoms with Crippen molar-refractivity contribution in [2.75, 3.05) is 5.43 Å². The van der Waals surface area contributed by atoms with Crippen molar-refractivity contribution >= 4 is 29.1 Å². The lowest BCUT2D eigenvalue weighted by molar-refractivity contribution is 0.0950. The molecule has 27 heavy (non-hydrogen) atoms. The molecular formula is C18H15F2N5OS. The quantitative estimate of drug-likeness (QED) is 0.502. The molecule has 1 fully saturated rings. The number of hydrogen-bond donors (Lipinski definition) is 2. The summed E-state index contributed by atoms with van der Waals surface area (Å²) in [6, 6.07) is 3.99. The summed E-state index contributed by atoms with van der Waals surface area (Å²) in [5.74, 6) is -2.23. The average Bonchev–Trinajstić information content (AvgIpc) is 3.11. The molecule has 1 amide bonds. The molecule has 2 heterocycles. The van der Waals surface area contributed by atoms with Crippen molar-refractivity contribution in [3.05, 3.63) is 64.4 Å². The zero-order valence-electron chi connectivity index (χ0n) is 14.0. The van der Waals surface area contributed by atoms with E-state index >= 15 is 0 Å². The maximum absolute atomic E-state index is 14.2. The predicted octanol–water partition coefficient (Wildman–Crippen LogP) is 3.55. The number of nitrogens with one attached hydrogen (secondary N) is 2. The maximum atomic E-state index is 14.2. The lowest BCUT2D eigenvalue weighted by Crippen LogP contribution is -2.25. The highest BCUT2D eigenvalue weighted by Gasteiger charge is 2.24. The van der Waals surface area contributed by atoms with Crippen LogP contribution in [-0.4, -0.2) is 27.7 Å². The van der Waals surface area contributed by atoms with Crippen LogP contribution in [-0.2, 0) is 0 Å². The van der Waals surface area contributed by atoms with Crippen LogP contribution >= 0.6 is 11.3 Å². The number of anilines is 1. The van der Waals surface area contributed by atoms with Crippen molar-refractivity contribution in [3.63, 3.8) is 0 Å². The van der Waals surface area contributed by atoms with Crippen LogP contribution in [0.3, 0.4) is 0 Å². The number of nitrogens with zero attached hydrogens (tertiary/aromatic N) is 3. The largest absolute Gasteiger partial charge is 0.349 e. The van der Waals surface area contributed by atoms with Crippen LogP contribution in [0.15, 0.2) is 47.4 Å². The first kappa shape index (κ1) is 17.3. The third kappa shape index (κ3) is 4.03. The molecule has 1 aromatic carbocycles. The van der Waals surface area contributed by atoms with Crippen molar-refractivity contribution in [3.8, 4) is 5.69 Å². The number of aromatic nitrogens is 2. The van der Waals surface area contributed by atoms with Gasteiger partial charge in [-0.2, -0.15) is 5.10 Å². The zero-order valence-corrected chi connectivity index (χ0v) is 14.8. The van der Waals surface area contributed by atoms with Gasteiger partial charge in [0.2, 0.25) is 0 Å². The minimum Gasteiger partial charge on any atom is -0.349 e. The molecule has 1 saturated carbocycles. The van der Waals surface area contributed by atoms with Gasteiger partial charge in [0.25, 0.3) is 5.91 Å². The SMILES string of the molecule is O=C(NC1CC1)c1cc(F)c(N/N=C/c2cc(-n3ccnc3)cs2)c(F)c1. The lowest BCUT2D eigenvalue weighted by atomic mass is 10.1. The molecule has 1 aliphatic carbocycles. The fourth-order valence-electron chi connectivity index (χ4n) is 2.43. The molecular weight excluding hydrogens is 372 g/mol. The van der Waals surface area contributed by atoms with Gasteiger partial charge in [-0.1, -0.05) is 0 Å². The molecule has 0 atom stereocenters. The third-order valence-corrected chi connectivity index (χ3v) is 4.85. The molecule has 0 unspecified atom stereocenters. The summed E-state index contributed by atoms with van der Waals surface area (Å²) in [5, 5.41) is 8.50. The van der Waals surface area contributed by atoms with Crippen molar-refractivity contribution in [1.82, 2.24) is 14.9 Å². The van der Waals surface area contributed by atoms with E-state index in [-0.39, 0.29) is 11.6 Å². The summed E-state index contributed by atoms with van der Waals surface area (Å²) in [4.78, 5) is 16.7. The van der Waals surface area contributed by atoms with Crippen LogP contribution < -0.4 is 10.7 Å². The van der Waals surface area contributed by atoms with E-state index in [0.29, 0.717) is 0 Å². The van der Waals surface area contributed by atoms with Gasteiger partial charge in [-0.3, -0.25) is 10.2 Å². The van der Waals surface area contributed by atoms with Gasteiger partial charge in [0.1, 0.15) is 5.69 Å². The summed E-state index contributed by atoms with van der Waals surface area (Å²) in [6.07, 6.45) is 8.43. The first-order valence-corrected chi connectivity index (χ1v) is 9.14. The highest BCUT2D eigenvalue weighted by molar-refractivity contribution is 7.12. The van der Waals surface area contributed by atoms with E-state index in [4.69, 9.17) is 0 Å². The van der Waals surface area contributed by atoms with Crippen molar-refractivity contribution in [1.29, 1.82) is 0 Å². The molecule has 0 saturated heterocycles. The van der Waals surface area contributed by atoms with Crippen LogP contribution in [0.25, 0.3) is 5.69 Å². The van der Waals surface area contributed by atoms with Crippen molar-refractivity contribution in [2.24, 2.45) is 5.10 Å². The predicted molar refractivity (Wildman–Crippen MR) is 99.5 cm³/mol. The van der Waals surface area contributed by atoms with E-state index in [1.54, 1.807) is 12.5 Å². The number of rotatable bonds is 6. The van der Waals surface area contributed by atoms with Crippen LogP contribution in [0, 0.1) is 11.6 Å². The average molecular weight is 387 g/mol. The number of imidazole rings is 1. The third-order valence-electron chi connectivity index (χ3n) is 3.99. The number of carbonyl (C=O) groups excluding carboxylic acids is 1. The molecule has 2 aromatic heterocycles. The normalized spacial score (nSPS) is 13.9. The molecule has 3 aromatic rings. The molecule has 0 spiro atoms. The first-order chi connectivity index (χ1) is 13.1. The molecule has 0 radical (unpaired) electrons. The molecule has 6 nitrogen and oxygen atoms in total. The standard InChI is InChI=1S/C18H15F2N5OS/c19-15-5-11(18(26)23-12-1-2-12)6-16(20)17(15)24-22-8-14-7-13(9-27-14)25-4-3-21-10-25/h3-10,12,24H,1-2H2,(H,23,26)/b22-8+. The number of hydrazone groups is 1. The Morgan fingerprint density at radius 3 is 2.74 bits per heavy atom. The van der Waals surface area contributed by atoms with Gasteiger partial charge >= 0.3 is 0 Å². The summed E-state index contributed by atoms with van der Waals surface area (Å²) in [6.45, 7) is 0. The van der Waals surface area contributed by atoms with Crippen LogP contribution in [0.4, 0.5) is 14.5 Å². The van der Waals surface area contributed by atoms with Crippen LogP contribution in [0.2, 0.25) is 0 Å². The minimum absolute atomic E-state index is 0.0466. The number of thiophene rings is 1. The second kappa shape index (κ2) is 7.28. The molecule has 2 N–H and O–H groups in total. The Morgan fingerprint density at radius 1 is 1.30 bits per heavy atom. The summed E-state index contributed by atoms with van der Waals surface area (Å²) in [7, 11) is 0. The summed E-state index contributed by atoms with van der Waals surface area (Å²) in [5.41, 5.74) is 2.84. The Kier molecular flexibility index (Phi) is 4.68. The van der Waals surface area contributed by atoms with Gasteiger partial charge in [0, 0.05) is 34.3 Å². The zero-order chi connectivity index (χ0) is 18.8. The number of carbonyl (C=O) groups is 1. The van der Waals surface area contributed by atoms with E-state index < -0.39 is 23.2 Å². The molecule has 1 aliphatic rings. The van der Waals surface area contributed by atoms with E-state index in [2.05, 4.69) is 20.8 Å². The molecule has 0 aliphatic heterocycles. The highest BCUT2D eigenvalue weighted by atomic mass is 32.1. The van der Waals surface area contributed by atoms with Gasteiger partial charge in [0.05, 0.1) is 18.2 Å². The van der Waals surface area contributed by atoms with Crippen LogP contribution in [0.5, 0.6) is 0 Å².